The fourth-order valence-corrected chi connectivity index (χ4v) is 3.69. The zero-order valence-corrected chi connectivity index (χ0v) is 19.2. The van der Waals surface area contributed by atoms with Gasteiger partial charge in [0.15, 0.2) is 11.5 Å². The van der Waals surface area contributed by atoms with Crippen molar-refractivity contribution in [2.45, 2.75) is 6.54 Å². The molecule has 0 bridgehead atoms. The lowest BCUT2D eigenvalue weighted by Gasteiger charge is -2.31. The molecule has 0 amide bonds. The molecule has 0 spiro atoms. The van der Waals surface area contributed by atoms with Crippen LogP contribution in [0.1, 0.15) is 11.1 Å². The van der Waals surface area contributed by atoms with Crippen LogP contribution >= 0.6 is 28.3 Å². The van der Waals surface area contributed by atoms with Crippen molar-refractivity contribution in [2.75, 3.05) is 40.6 Å². The standard InChI is InChI=1S/C21H22BrN3O4.ClH/c1-26-6-8-28-19-10-14-18(11-20(19)29-9-7-27-2)23-13-25-12-15-16(22)4-3-5-17(15)24-21(14)25;/h3-5,10-11,13H,6-9,12H2,1-2H3;1H. The van der Waals surface area contributed by atoms with Crippen molar-refractivity contribution < 1.29 is 18.9 Å². The summed E-state index contributed by atoms with van der Waals surface area (Å²) in [5, 5.41) is 0. The normalized spacial score (nSPS) is 13.6. The van der Waals surface area contributed by atoms with E-state index in [0.717, 1.165) is 32.8 Å². The van der Waals surface area contributed by atoms with Gasteiger partial charge in [-0.3, -0.25) is 0 Å². The van der Waals surface area contributed by atoms with Gasteiger partial charge in [0, 0.05) is 35.9 Å². The van der Waals surface area contributed by atoms with Crippen LogP contribution < -0.4 is 9.47 Å². The molecular formula is C21H23BrClN3O4. The summed E-state index contributed by atoms with van der Waals surface area (Å²) < 4.78 is 23.0. The highest BCUT2D eigenvalue weighted by Gasteiger charge is 2.27. The Morgan fingerprint density at radius 3 is 2.37 bits per heavy atom. The number of halogens is 2. The molecule has 2 aromatic rings. The van der Waals surface area contributed by atoms with Crippen LogP contribution in [0.3, 0.4) is 0 Å². The second-order valence-electron chi connectivity index (χ2n) is 6.54. The van der Waals surface area contributed by atoms with Crippen molar-refractivity contribution in [3.05, 3.63) is 45.9 Å². The molecule has 7 nitrogen and oxygen atoms in total. The van der Waals surface area contributed by atoms with E-state index in [1.807, 2.05) is 41.6 Å². The Morgan fingerprint density at radius 2 is 1.67 bits per heavy atom. The summed E-state index contributed by atoms with van der Waals surface area (Å²) in [5.41, 5.74) is 3.80. The molecule has 2 aliphatic rings. The van der Waals surface area contributed by atoms with Gasteiger partial charge < -0.3 is 23.8 Å². The monoisotopic (exact) mass is 495 g/mol. The van der Waals surface area contributed by atoms with Crippen LogP contribution in [0.15, 0.2) is 44.8 Å². The highest BCUT2D eigenvalue weighted by atomic mass is 79.9. The van der Waals surface area contributed by atoms with E-state index in [4.69, 9.17) is 23.9 Å². The maximum atomic E-state index is 5.92. The molecule has 0 aliphatic carbocycles. The van der Waals surface area contributed by atoms with Gasteiger partial charge in [-0.2, -0.15) is 0 Å². The Labute approximate surface area is 190 Å². The van der Waals surface area contributed by atoms with Crippen molar-refractivity contribution in [3.8, 4) is 11.5 Å². The van der Waals surface area contributed by atoms with Gasteiger partial charge in [-0.15, -0.1) is 12.4 Å². The first kappa shape index (κ1) is 22.6. The van der Waals surface area contributed by atoms with Crippen LogP contribution in [0, 0.1) is 0 Å². The van der Waals surface area contributed by atoms with Crippen LogP contribution in [0.5, 0.6) is 11.5 Å². The topological polar surface area (TPSA) is 64.9 Å². The van der Waals surface area contributed by atoms with Crippen molar-refractivity contribution in [3.63, 3.8) is 0 Å². The number of fused-ring (bicyclic) bond motifs is 4. The van der Waals surface area contributed by atoms with Crippen molar-refractivity contribution in [1.82, 2.24) is 4.90 Å². The average molecular weight is 497 g/mol. The molecule has 2 aliphatic heterocycles. The molecular weight excluding hydrogens is 474 g/mol. The number of benzene rings is 2. The summed E-state index contributed by atoms with van der Waals surface area (Å²) in [4.78, 5) is 11.6. The molecule has 2 aromatic carbocycles. The predicted octanol–water partition coefficient (Wildman–Crippen LogP) is 4.49. The smallest absolute Gasteiger partial charge is 0.163 e. The third kappa shape index (κ3) is 4.62. The molecule has 0 unspecified atom stereocenters. The second kappa shape index (κ2) is 10.3. The average Bonchev–Trinajstić information content (AvgIpc) is 2.73. The fraction of sp³-hybridized carbons (Fsp3) is 0.333. The summed E-state index contributed by atoms with van der Waals surface area (Å²) in [6.45, 7) is 2.52. The highest BCUT2D eigenvalue weighted by molar-refractivity contribution is 9.10. The largest absolute Gasteiger partial charge is 0.487 e. The van der Waals surface area contributed by atoms with Crippen molar-refractivity contribution >= 4 is 51.9 Å². The Bertz CT molecular complexity index is 968. The minimum atomic E-state index is 0. The number of methoxy groups -OCH3 is 2. The Hall–Kier alpha value is -2.13. The number of hydrogen-bond acceptors (Lipinski definition) is 7. The van der Waals surface area contributed by atoms with Gasteiger partial charge >= 0.3 is 0 Å². The molecule has 160 valence electrons. The van der Waals surface area contributed by atoms with Crippen LogP contribution in [-0.4, -0.2) is 57.7 Å². The Morgan fingerprint density at radius 1 is 0.967 bits per heavy atom. The lowest BCUT2D eigenvalue weighted by molar-refractivity contribution is 0.132. The van der Waals surface area contributed by atoms with Gasteiger partial charge in [-0.1, -0.05) is 22.0 Å². The summed E-state index contributed by atoms with van der Waals surface area (Å²) in [7, 11) is 3.29. The molecule has 0 N–H and O–H groups in total. The molecule has 0 atom stereocenters. The van der Waals surface area contributed by atoms with E-state index < -0.39 is 0 Å². The van der Waals surface area contributed by atoms with E-state index >= 15 is 0 Å². The first-order valence-electron chi connectivity index (χ1n) is 9.30. The highest BCUT2D eigenvalue weighted by Crippen LogP contribution is 2.41. The van der Waals surface area contributed by atoms with Crippen LogP contribution in [0.2, 0.25) is 0 Å². The molecule has 2 heterocycles. The van der Waals surface area contributed by atoms with Gasteiger partial charge in [0.05, 0.1) is 37.5 Å². The van der Waals surface area contributed by atoms with E-state index in [0.29, 0.717) is 44.5 Å². The summed E-state index contributed by atoms with van der Waals surface area (Å²) in [6.07, 6.45) is 1.81. The van der Waals surface area contributed by atoms with Gasteiger partial charge in [-0.25, -0.2) is 9.98 Å². The van der Waals surface area contributed by atoms with E-state index in [1.54, 1.807) is 14.2 Å². The summed E-state index contributed by atoms with van der Waals surface area (Å²) in [5.74, 6) is 2.11. The first-order valence-corrected chi connectivity index (χ1v) is 10.1. The molecule has 0 aromatic heterocycles. The van der Waals surface area contributed by atoms with Crippen LogP contribution in [0.25, 0.3) is 0 Å². The molecule has 4 rings (SSSR count). The maximum Gasteiger partial charge on any atom is 0.163 e. The summed E-state index contributed by atoms with van der Waals surface area (Å²) >= 11 is 3.62. The van der Waals surface area contributed by atoms with Gasteiger partial charge in [-0.05, 0) is 18.2 Å². The number of hydrogen-bond donors (Lipinski definition) is 0. The third-order valence-electron chi connectivity index (χ3n) is 4.65. The number of nitrogens with zero attached hydrogens (tertiary/aromatic N) is 3. The van der Waals surface area contributed by atoms with E-state index in [2.05, 4.69) is 20.9 Å². The number of amidine groups is 1. The first-order chi connectivity index (χ1) is 14.2. The SMILES string of the molecule is COCCOc1cc2c(cc1OCCOC)C1=Nc3cccc(Br)c3CN1C=N2.Cl. The zero-order valence-electron chi connectivity index (χ0n) is 16.8. The molecule has 9 heteroatoms. The van der Waals surface area contributed by atoms with Crippen molar-refractivity contribution in [2.24, 2.45) is 9.98 Å². The number of rotatable bonds is 8. The van der Waals surface area contributed by atoms with Crippen LogP contribution in [0.4, 0.5) is 11.4 Å². The van der Waals surface area contributed by atoms with Crippen LogP contribution in [-0.2, 0) is 16.0 Å². The number of ether oxygens (including phenoxy) is 4. The van der Waals surface area contributed by atoms with Gasteiger partial charge in [0.2, 0.25) is 0 Å². The molecule has 0 saturated heterocycles. The van der Waals surface area contributed by atoms with Gasteiger partial charge in [0.1, 0.15) is 19.0 Å². The quantitative estimate of drug-likeness (QED) is 0.504. The van der Waals surface area contributed by atoms with Gasteiger partial charge in [0.25, 0.3) is 0 Å². The second-order valence-corrected chi connectivity index (χ2v) is 7.40. The van der Waals surface area contributed by atoms with E-state index in [-0.39, 0.29) is 12.4 Å². The Kier molecular flexibility index (Phi) is 7.71. The molecule has 0 fully saturated rings. The minimum Gasteiger partial charge on any atom is -0.487 e. The number of aliphatic imine (C=N–C) groups is 2. The molecule has 0 saturated carbocycles. The fourth-order valence-electron chi connectivity index (χ4n) is 3.21. The maximum absolute atomic E-state index is 5.92. The Balaban J connectivity index is 0.00000256. The van der Waals surface area contributed by atoms with Crippen molar-refractivity contribution in [1.29, 1.82) is 0 Å². The predicted molar refractivity (Wildman–Crippen MR) is 122 cm³/mol. The molecule has 0 radical (unpaired) electrons. The molecule has 30 heavy (non-hydrogen) atoms. The lowest BCUT2D eigenvalue weighted by atomic mass is 10.0. The van der Waals surface area contributed by atoms with E-state index in [9.17, 15) is 0 Å². The third-order valence-corrected chi connectivity index (χ3v) is 5.39. The van der Waals surface area contributed by atoms with E-state index in [1.165, 1.54) is 0 Å². The minimum absolute atomic E-state index is 0. The lowest BCUT2D eigenvalue weighted by Crippen LogP contribution is -2.34. The summed E-state index contributed by atoms with van der Waals surface area (Å²) in [6, 6.07) is 9.87. The zero-order chi connectivity index (χ0) is 20.2.